The quantitative estimate of drug-likeness (QED) is 0.504. The molecule has 0 unspecified atom stereocenters. The Kier molecular flexibility index (Phi) is 3.40. The fourth-order valence-electron chi connectivity index (χ4n) is 3.34. The Labute approximate surface area is 155 Å². The van der Waals surface area contributed by atoms with E-state index in [1.807, 2.05) is 72.2 Å². The maximum atomic E-state index is 8.44. The van der Waals surface area contributed by atoms with E-state index in [0.29, 0.717) is 17.0 Å². The fourth-order valence-corrected chi connectivity index (χ4v) is 3.34. The van der Waals surface area contributed by atoms with Gasteiger partial charge in [-0.25, -0.2) is 9.97 Å². The van der Waals surface area contributed by atoms with E-state index in [1.54, 1.807) is 6.20 Å². The molecular weight excluding hydrogens is 336 g/mol. The summed E-state index contributed by atoms with van der Waals surface area (Å²) in [7, 11) is 0. The van der Waals surface area contributed by atoms with Crippen molar-refractivity contribution in [3.63, 3.8) is 0 Å². The number of rotatable bonds is 2. The zero-order chi connectivity index (χ0) is 18.4. The Morgan fingerprint density at radius 3 is 2.67 bits per heavy atom. The summed E-state index contributed by atoms with van der Waals surface area (Å²) in [5.41, 5.74) is 5.02. The lowest BCUT2D eigenvalue weighted by molar-refractivity contribution is 0.535. The second-order valence-corrected chi connectivity index (χ2v) is 6.48. The van der Waals surface area contributed by atoms with Crippen molar-refractivity contribution in [2.24, 2.45) is 0 Å². The highest BCUT2D eigenvalue weighted by atomic mass is 16.3. The molecule has 5 rings (SSSR count). The topological polar surface area (TPSA) is 67.7 Å². The van der Waals surface area contributed by atoms with E-state index in [-0.39, 0.29) is 5.55 Å². The highest BCUT2D eigenvalue weighted by Crippen LogP contribution is 2.27. The molecule has 0 aliphatic heterocycles. The van der Waals surface area contributed by atoms with Gasteiger partial charge >= 0.3 is 0 Å². The van der Waals surface area contributed by atoms with Gasteiger partial charge in [0, 0.05) is 17.3 Å². The van der Waals surface area contributed by atoms with E-state index in [2.05, 4.69) is 11.1 Å². The number of para-hydroxylation sites is 1. The van der Waals surface area contributed by atoms with Crippen LogP contribution in [0.1, 0.15) is 5.56 Å². The molecule has 27 heavy (non-hydrogen) atoms. The molecule has 2 aromatic carbocycles. The second-order valence-electron chi connectivity index (χ2n) is 6.48. The van der Waals surface area contributed by atoms with E-state index in [4.69, 9.17) is 14.8 Å². The summed E-state index contributed by atoms with van der Waals surface area (Å²) >= 11 is 0. The van der Waals surface area contributed by atoms with E-state index in [0.717, 1.165) is 27.8 Å². The van der Waals surface area contributed by atoms with Crippen molar-refractivity contribution >= 4 is 22.1 Å². The predicted octanol–water partition coefficient (Wildman–Crippen LogP) is 4.62. The van der Waals surface area contributed by atoms with Gasteiger partial charge < -0.3 is 4.42 Å². The number of nitrogens with zero attached hydrogens (tertiary/aromatic N) is 3. The minimum absolute atomic E-state index is 0.0823. The molecule has 5 aromatic rings. The van der Waals surface area contributed by atoms with Gasteiger partial charge in [0.05, 0.1) is 5.56 Å². The molecule has 0 spiro atoms. The van der Waals surface area contributed by atoms with E-state index >= 15 is 0 Å². The number of aromatic nitrogens is 3. The van der Waals surface area contributed by atoms with Crippen LogP contribution < -0.4 is 5.55 Å². The molecule has 1 N–H and O–H groups in total. The highest BCUT2D eigenvalue weighted by molar-refractivity contribution is 5.84. The molecule has 5 heteroatoms. The number of fused-ring (bicyclic) bond motifs is 2. The van der Waals surface area contributed by atoms with Crippen LogP contribution in [0.15, 0.2) is 77.3 Å². The van der Waals surface area contributed by atoms with Gasteiger partial charge in [-0.3, -0.25) is 9.98 Å². The highest BCUT2D eigenvalue weighted by Gasteiger charge is 2.17. The number of hydrogen-bond acceptors (Lipinski definition) is 4. The maximum Gasteiger partial charge on any atom is 0.223 e. The molecule has 0 aliphatic carbocycles. The summed E-state index contributed by atoms with van der Waals surface area (Å²) in [4.78, 5) is 9.29. The van der Waals surface area contributed by atoms with Gasteiger partial charge in [-0.15, -0.1) is 0 Å². The SMILES string of the molecule is Cc1ccc2oc(=N)c(-c3nc4cccnc4n3-c3ccccc3)cc2c1. The molecule has 0 amide bonds. The van der Waals surface area contributed by atoms with Gasteiger partial charge in [0.1, 0.15) is 11.1 Å². The van der Waals surface area contributed by atoms with Crippen molar-refractivity contribution < 1.29 is 4.42 Å². The van der Waals surface area contributed by atoms with Crippen molar-refractivity contribution in [3.8, 4) is 17.1 Å². The summed E-state index contributed by atoms with van der Waals surface area (Å²) in [5.74, 6) is 0.645. The Morgan fingerprint density at radius 2 is 1.81 bits per heavy atom. The van der Waals surface area contributed by atoms with Crippen molar-refractivity contribution in [3.05, 3.63) is 84.0 Å². The zero-order valence-electron chi connectivity index (χ0n) is 14.7. The lowest BCUT2D eigenvalue weighted by atomic mass is 10.1. The van der Waals surface area contributed by atoms with Crippen LogP contribution in [-0.4, -0.2) is 14.5 Å². The van der Waals surface area contributed by atoms with Crippen LogP contribution >= 0.6 is 0 Å². The zero-order valence-corrected chi connectivity index (χ0v) is 14.7. The first-order valence-electron chi connectivity index (χ1n) is 8.69. The van der Waals surface area contributed by atoms with E-state index in [9.17, 15) is 0 Å². The fraction of sp³-hybridized carbons (Fsp3) is 0.0455. The van der Waals surface area contributed by atoms with E-state index in [1.165, 1.54) is 0 Å². The average molecular weight is 352 g/mol. The molecule has 0 aliphatic rings. The Balaban J connectivity index is 1.87. The van der Waals surface area contributed by atoms with Crippen LogP contribution in [-0.2, 0) is 0 Å². The van der Waals surface area contributed by atoms with Crippen molar-refractivity contribution in [1.29, 1.82) is 5.41 Å². The minimum atomic E-state index is 0.0823. The van der Waals surface area contributed by atoms with Gasteiger partial charge in [-0.2, -0.15) is 0 Å². The van der Waals surface area contributed by atoms with Crippen LogP contribution in [0.2, 0.25) is 0 Å². The molecular formula is C22H16N4O. The molecule has 0 saturated carbocycles. The van der Waals surface area contributed by atoms with Crippen LogP contribution in [0.25, 0.3) is 39.2 Å². The lowest BCUT2D eigenvalue weighted by Crippen LogP contribution is -2.08. The van der Waals surface area contributed by atoms with Gasteiger partial charge in [0.2, 0.25) is 5.55 Å². The van der Waals surface area contributed by atoms with Gasteiger partial charge in [-0.1, -0.05) is 29.8 Å². The Hall–Kier alpha value is -3.73. The first kappa shape index (κ1) is 15.5. The third kappa shape index (κ3) is 2.52. The molecule has 0 bridgehead atoms. The first-order chi connectivity index (χ1) is 13.2. The third-order valence-electron chi connectivity index (χ3n) is 4.59. The van der Waals surface area contributed by atoms with Crippen LogP contribution in [0.3, 0.4) is 0 Å². The molecule has 3 aromatic heterocycles. The standard InChI is InChI=1S/C22H16N4O/c1-14-9-10-19-15(12-14)13-17(20(23)27-19)21-25-18-8-5-11-24-22(18)26(21)16-6-3-2-4-7-16/h2-13,23H,1H3. The van der Waals surface area contributed by atoms with Crippen molar-refractivity contribution in [2.45, 2.75) is 6.92 Å². The largest absolute Gasteiger partial charge is 0.438 e. The number of imidazole rings is 1. The smallest absolute Gasteiger partial charge is 0.223 e. The van der Waals surface area contributed by atoms with Crippen molar-refractivity contribution in [1.82, 2.24) is 14.5 Å². The van der Waals surface area contributed by atoms with E-state index < -0.39 is 0 Å². The van der Waals surface area contributed by atoms with Crippen LogP contribution in [0, 0.1) is 12.3 Å². The number of benzene rings is 2. The average Bonchev–Trinajstić information content (AvgIpc) is 3.07. The third-order valence-corrected chi connectivity index (χ3v) is 4.59. The molecule has 0 atom stereocenters. The molecule has 0 fully saturated rings. The molecule has 0 radical (unpaired) electrons. The second kappa shape index (κ2) is 5.92. The predicted molar refractivity (Wildman–Crippen MR) is 105 cm³/mol. The lowest BCUT2D eigenvalue weighted by Gasteiger charge is -2.09. The molecule has 0 saturated heterocycles. The van der Waals surface area contributed by atoms with Gasteiger partial charge in [0.25, 0.3) is 0 Å². The summed E-state index contributed by atoms with van der Waals surface area (Å²) < 4.78 is 7.75. The Bertz CT molecular complexity index is 1350. The van der Waals surface area contributed by atoms with Gasteiger partial charge in [-0.05, 0) is 49.4 Å². The van der Waals surface area contributed by atoms with Crippen LogP contribution in [0.5, 0.6) is 0 Å². The summed E-state index contributed by atoms with van der Waals surface area (Å²) in [6.45, 7) is 2.04. The first-order valence-corrected chi connectivity index (χ1v) is 8.69. The molecule has 130 valence electrons. The van der Waals surface area contributed by atoms with Crippen LogP contribution in [0.4, 0.5) is 0 Å². The monoisotopic (exact) mass is 352 g/mol. The number of pyridine rings is 1. The summed E-state index contributed by atoms with van der Waals surface area (Å²) in [5, 5.41) is 9.38. The summed E-state index contributed by atoms with van der Waals surface area (Å²) in [6.07, 6.45) is 1.75. The normalized spacial score (nSPS) is 11.3. The van der Waals surface area contributed by atoms with Crippen molar-refractivity contribution in [2.75, 3.05) is 0 Å². The molecule has 3 heterocycles. The number of nitrogens with one attached hydrogen (secondary N) is 1. The maximum absolute atomic E-state index is 8.44. The number of hydrogen-bond donors (Lipinski definition) is 1. The Morgan fingerprint density at radius 1 is 0.963 bits per heavy atom. The van der Waals surface area contributed by atoms with Gasteiger partial charge in [0.15, 0.2) is 11.5 Å². The number of aryl methyl sites for hydroxylation is 1. The minimum Gasteiger partial charge on any atom is -0.438 e. The summed E-state index contributed by atoms with van der Waals surface area (Å²) in [6, 6.07) is 21.6. The molecule has 5 nitrogen and oxygen atoms in total.